The molecule has 0 unspecified atom stereocenters. The number of rotatable bonds is 4. The molecule has 5 nitrogen and oxygen atoms in total. The summed E-state index contributed by atoms with van der Waals surface area (Å²) in [5.41, 5.74) is 1.78. The third kappa shape index (κ3) is 3.65. The van der Waals surface area contributed by atoms with Crippen molar-refractivity contribution in [2.24, 2.45) is 11.8 Å². The van der Waals surface area contributed by atoms with Crippen LogP contribution in [0.4, 0.5) is 0 Å². The van der Waals surface area contributed by atoms with E-state index >= 15 is 0 Å². The Balaban J connectivity index is 1.43. The summed E-state index contributed by atoms with van der Waals surface area (Å²) < 4.78 is 1.59. The van der Waals surface area contributed by atoms with Gasteiger partial charge in [-0.2, -0.15) is 5.10 Å². The Morgan fingerprint density at radius 1 is 1.00 bits per heavy atom. The fourth-order valence-electron chi connectivity index (χ4n) is 3.51. The maximum atomic E-state index is 12.2. The topological polar surface area (TPSA) is 55.2 Å². The molecule has 1 saturated carbocycles. The lowest BCUT2D eigenvalue weighted by molar-refractivity contribution is -0.134. The summed E-state index contributed by atoms with van der Waals surface area (Å²) in [5, 5.41) is 4.55. The summed E-state index contributed by atoms with van der Waals surface area (Å²) in [4.78, 5) is 26.3. The molecular formula is C20H23N3O2. The molecule has 4 rings (SSSR count). The molecule has 2 heterocycles. The number of nitrogens with zero attached hydrogens (tertiary/aromatic N) is 3. The number of hydrogen-bond acceptors (Lipinski definition) is 3. The van der Waals surface area contributed by atoms with Gasteiger partial charge >= 0.3 is 0 Å². The minimum Gasteiger partial charge on any atom is -0.342 e. The SMILES string of the molecule is O=C(C1CC1)N1CCC(Cn2nc(-c3ccccc3)ccc2=O)CC1. The molecule has 0 N–H and O–H groups in total. The van der Waals surface area contributed by atoms with E-state index < -0.39 is 0 Å². The Labute approximate surface area is 147 Å². The van der Waals surface area contributed by atoms with Crippen LogP contribution in [-0.4, -0.2) is 33.7 Å². The van der Waals surface area contributed by atoms with Crippen LogP contribution in [0.15, 0.2) is 47.3 Å². The van der Waals surface area contributed by atoms with Crippen LogP contribution >= 0.6 is 0 Å². The van der Waals surface area contributed by atoms with Crippen molar-refractivity contribution in [1.82, 2.24) is 14.7 Å². The molecule has 1 aliphatic heterocycles. The van der Waals surface area contributed by atoms with Crippen molar-refractivity contribution in [3.8, 4) is 11.3 Å². The van der Waals surface area contributed by atoms with Crippen molar-refractivity contribution >= 4 is 5.91 Å². The zero-order chi connectivity index (χ0) is 17.2. The van der Waals surface area contributed by atoms with Crippen molar-refractivity contribution in [3.05, 3.63) is 52.8 Å². The molecule has 0 bridgehead atoms. The summed E-state index contributed by atoms with van der Waals surface area (Å²) in [5.74, 6) is 1.03. The van der Waals surface area contributed by atoms with E-state index in [9.17, 15) is 9.59 Å². The molecule has 2 aromatic rings. The molecule has 130 valence electrons. The number of likely N-dealkylation sites (tertiary alicyclic amines) is 1. The molecule has 0 radical (unpaired) electrons. The summed E-state index contributed by atoms with van der Waals surface area (Å²) >= 11 is 0. The number of carbonyl (C=O) groups is 1. The molecule has 1 saturated heterocycles. The highest BCUT2D eigenvalue weighted by atomic mass is 16.2. The molecule has 5 heteroatoms. The van der Waals surface area contributed by atoms with Crippen LogP contribution in [0.5, 0.6) is 0 Å². The predicted molar refractivity (Wildman–Crippen MR) is 96.0 cm³/mol. The van der Waals surface area contributed by atoms with E-state index in [2.05, 4.69) is 5.10 Å². The van der Waals surface area contributed by atoms with E-state index in [4.69, 9.17) is 0 Å². The van der Waals surface area contributed by atoms with Crippen LogP contribution in [0.1, 0.15) is 25.7 Å². The van der Waals surface area contributed by atoms with Crippen LogP contribution in [0.25, 0.3) is 11.3 Å². The Morgan fingerprint density at radius 3 is 2.40 bits per heavy atom. The summed E-state index contributed by atoms with van der Waals surface area (Å²) in [6.07, 6.45) is 4.01. The fourth-order valence-corrected chi connectivity index (χ4v) is 3.51. The second kappa shape index (κ2) is 6.82. The van der Waals surface area contributed by atoms with Crippen LogP contribution < -0.4 is 5.56 Å². The lowest BCUT2D eigenvalue weighted by Gasteiger charge is -2.32. The summed E-state index contributed by atoms with van der Waals surface area (Å²) in [6.45, 7) is 2.26. The molecule has 25 heavy (non-hydrogen) atoms. The van der Waals surface area contributed by atoms with Gasteiger partial charge in [-0.05, 0) is 37.7 Å². The number of hydrogen-bond donors (Lipinski definition) is 0. The predicted octanol–water partition coefficient (Wildman–Crippen LogP) is 2.56. The Morgan fingerprint density at radius 2 is 1.72 bits per heavy atom. The second-order valence-corrected chi connectivity index (χ2v) is 7.15. The number of amides is 1. The highest BCUT2D eigenvalue weighted by Gasteiger charge is 2.34. The standard InChI is InChI=1S/C20H23N3O2/c24-19-9-8-18(16-4-2-1-3-5-16)21-23(19)14-15-10-12-22(13-11-15)20(25)17-6-7-17/h1-5,8-9,15,17H,6-7,10-14H2. The summed E-state index contributed by atoms with van der Waals surface area (Å²) in [6, 6.07) is 13.3. The first kappa shape index (κ1) is 16.1. The average molecular weight is 337 g/mol. The quantitative estimate of drug-likeness (QED) is 0.861. The fraction of sp³-hybridized carbons (Fsp3) is 0.450. The first-order chi connectivity index (χ1) is 12.2. The zero-order valence-electron chi connectivity index (χ0n) is 14.3. The zero-order valence-corrected chi connectivity index (χ0v) is 14.3. The van der Waals surface area contributed by atoms with Crippen molar-refractivity contribution in [3.63, 3.8) is 0 Å². The van der Waals surface area contributed by atoms with Crippen LogP contribution in [-0.2, 0) is 11.3 Å². The van der Waals surface area contributed by atoms with Gasteiger partial charge in [0.25, 0.3) is 5.56 Å². The first-order valence-corrected chi connectivity index (χ1v) is 9.13. The molecule has 0 atom stereocenters. The normalized spacial score (nSPS) is 18.3. The molecule has 2 fully saturated rings. The Kier molecular flexibility index (Phi) is 4.38. The molecular weight excluding hydrogens is 314 g/mol. The Bertz CT molecular complexity index is 803. The van der Waals surface area contributed by atoms with E-state index in [1.807, 2.05) is 35.2 Å². The van der Waals surface area contributed by atoms with Crippen molar-refractivity contribution in [2.75, 3.05) is 13.1 Å². The van der Waals surface area contributed by atoms with Crippen molar-refractivity contribution < 1.29 is 4.79 Å². The van der Waals surface area contributed by atoms with E-state index in [1.54, 1.807) is 16.8 Å². The number of aromatic nitrogens is 2. The number of carbonyl (C=O) groups excluding carboxylic acids is 1. The molecule has 1 aromatic heterocycles. The lowest BCUT2D eigenvalue weighted by atomic mass is 9.96. The van der Waals surface area contributed by atoms with Crippen LogP contribution in [0.2, 0.25) is 0 Å². The lowest BCUT2D eigenvalue weighted by Crippen LogP contribution is -2.41. The van der Waals surface area contributed by atoms with Gasteiger partial charge in [-0.1, -0.05) is 30.3 Å². The average Bonchev–Trinajstić information content (AvgIpc) is 3.49. The molecule has 1 aromatic carbocycles. The first-order valence-electron chi connectivity index (χ1n) is 9.13. The van der Waals surface area contributed by atoms with Gasteiger partial charge in [0.1, 0.15) is 0 Å². The van der Waals surface area contributed by atoms with E-state index in [1.165, 1.54) is 0 Å². The third-order valence-electron chi connectivity index (χ3n) is 5.22. The molecule has 1 amide bonds. The van der Waals surface area contributed by atoms with Crippen molar-refractivity contribution in [1.29, 1.82) is 0 Å². The van der Waals surface area contributed by atoms with E-state index in [-0.39, 0.29) is 5.56 Å². The van der Waals surface area contributed by atoms with Crippen LogP contribution in [0, 0.1) is 11.8 Å². The second-order valence-electron chi connectivity index (χ2n) is 7.15. The van der Waals surface area contributed by atoms with Crippen molar-refractivity contribution in [2.45, 2.75) is 32.2 Å². The monoisotopic (exact) mass is 337 g/mol. The van der Waals surface area contributed by atoms with Crippen LogP contribution in [0.3, 0.4) is 0 Å². The maximum Gasteiger partial charge on any atom is 0.266 e. The molecule has 0 spiro atoms. The largest absolute Gasteiger partial charge is 0.342 e. The van der Waals surface area contributed by atoms with Gasteiger partial charge in [-0.15, -0.1) is 0 Å². The van der Waals surface area contributed by atoms with Gasteiger partial charge in [0.2, 0.25) is 5.91 Å². The third-order valence-corrected chi connectivity index (χ3v) is 5.22. The smallest absolute Gasteiger partial charge is 0.266 e. The van der Waals surface area contributed by atoms with Gasteiger partial charge in [0.15, 0.2) is 0 Å². The van der Waals surface area contributed by atoms with Gasteiger partial charge < -0.3 is 4.90 Å². The summed E-state index contributed by atoms with van der Waals surface area (Å²) in [7, 11) is 0. The van der Waals surface area contributed by atoms with Gasteiger partial charge in [0.05, 0.1) is 5.69 Å². The van der Waals surface area contributed by atoms with E-state index in [0.717, 1.165) is 50.0 Å². The van der Waals surface area contributed by atoms with Gasteiger partial charge in [-0.3, -0.25) is 9.59 Å². The maximum absolute atomic E-state index is 12.2. The number of benzene rings is 1. The Hall–Kier alpha value is -2.43. The molecule has 1 aliphatic carbocycles. The highest BCUT2D eigenvalue weighted by Crippen LogP contribution is 2.32. The van der Waals surface area contributed by atoms with Gasteiger partial charge in [0, 0.05) is 37.2 Å². The van der Waals surface area contributed by atoms with E-state index in [0.29, 0.717) is 24.3 Å². The highest BCUT2D eigenvalue weighted by molar-refractivity contribution is 5.81. The molecule has 2 aliphatic rings. The number of piperidine rings is 1. The van der Waals surface area contributed by atoms with Gasteiger partial charge in [-0.25, -0.2) is 4.68 Å². The minimum atomic E-state index is -0.0591. The minimum absolute atomic E-state index is 0.0591.